The van der Waals surface area contributed by atoms with Gasteiger partial charge in [0.2, 0.25) is 0 Å². The van der Waals surface area contributed by atoms with Crippen LogP contribution >= 0.6 is 11.3 Å². The van der Waals surface area contributed by atoms with E-state index in [1.54, 1.807) is 37.4 Å². The minimum absolute atomic E-state index is 0.157. The Bertz CT molecular complexity index is 935. The van der Waals surface area contributed by atoms with E-state index in [9.17, 15) is 9.59 Å². The predicted octanol–water partition coefficient (Wildman–Crippen LogP) is 4.25. The highest BCUT2D eigenvalue weighted by atomic mass is 32.1. The van der Waals surface area contributed by atoms with Gasteiger partial charge in [0.15, 0.2) is 0 Å². The fourth-order valence-electron chi connectivity index (χ4n) is 2.56. The number of hydrogen-bond acceptors (Lipinski definition) is 4. The first-order chi connectivity index (χ1) is 13.1. The third-order valence-corrected chi connectivity index (χ3v) is 4.94. The summed E-state index contributed by atoms with van der Waals surface area (Å²) in [5, 5.41) is 7.55. The normalized spacial score (nSPS) is 10.3. The molecule has 0 spiro atoms. The molecule has 0 saturated carbocycles. The summed E-state index contributed by atoms with van der Waals surface area (Å²) in [4.78, 5) is 25.0. The van der Waals surface area contributed by atoms with Crippen molar-refractivity contribution < 1.29 is 14.3 Å². The lowest BCUT2D eigenvalue weighted by Crippen LogP contribution is -2.22. The van der Waals surface area contributed by atoms with Gasteiger partial charge in [-0.1, -0.05) is 18.2 Å². The highest BCUT2D eigenvalue weighted by molar-refractivity contribution is 7.12. The molecule has 5 nitrogen and oxygen atoms in total. The molecule has 2 aromatic carbocycles. The molecule has 2 N–H and O–H groups in total. The number of amides is 2. The molecule has 138 valence electrons. The maximum absolute atomic E-state index is 12.3. The number of aryl methyl sites for hydroxylation is 1. The van der Waals surface area contributed by atoms with E-state index in [4.69, 9.17) is 4.74 Å². The van der Waals surface area contributed by atoms with Crippen LogP contribution in [0.15, 0.2) is 60.0 Å². The third kappa shape index (κ3) is 4.74. The molecule has 0 fully saturated rings. The SMILES string of the molecule is COc1cc(CNC(=O)c2ccc(NC(=O)c3cccs3)cc2)ccc1C. The number of anilines is 1. The Morgan fingerprint density at radius 1 is 1.04 bits per heavy atom. The molecule has 0 atom stereocenters. The van der Waals surface area contributed by atoms with Gasteiger partial charge in [0.05, 0.1) is 12.0 Å². The van der Waals surface area contributed by atoms with E-state index in [-0.39, 0.29) is 11.8 Å². The standard InChI is InChI=1S/C21H20N2O3S/c1-14-5-6-15(12-18(14)26-2)13-22-20(24)16-7-9-17(10-8-16)23-21(25)19-4-3-11-27-19/h3-12H,13H2,1-2H3,(H,22,24)(H,23,25). The van der Waals surface area contributed by atoms with Gasteiger partial charge in [-0.15, -0.1) is 11.3 Å². The summed E-state index contributed by atoms with van der Waals surface area (Å²) < 4.78 is 5.30. The van der Waals surface area contributed by atoms with Crippen molar-refractivity contribution in [3.8, 4) is 5.75 Å². The lowest BCUT2D eigenvalue weighted by atomic mass is 10.1. The minimum Gasteiger partial charge on any atom is -0.496 e. The summed E-state index contributed by atoms with van der Waals surface area (Å²) in [5.41, 5.74) is 3.19. The summed E-state index contributed by atoms with van der Waals surface area (Å²) in [6, 6.07) is 16.2. The van der Waals surface area contributed by atoms with Gasteiger partial charge in [0.1, 0.15) is 5.75 Å². The summed E-state index contributed by atoms with van der Waals surface area (Å²) in [7, 11) is 1.63. The Labute approximate surface area is 162 Å². The van der Waals surface area contributed by atoms with Crippen LogP contribution in [0.3, 0.4) is 0 Å². The van der Waals surface area contributed by atoms with E-state index in [0.717, 1.165) is 16.9 Å². The van der Waals surface area contributed by atoms with Gasteiger partial charge in [-0.2, -0.15) is 0 Å². The number of carbonyl (C=O) groups excluding carboxylic acids is 2. The van der Waals surface area contributed by atoms with Gasteiger partial charge in [0.25, 0.3) is 11.8 Å². The fraction of sp³-hybridized carbons (Fsp3) is 0.143. The van der Waals surface area contributed by atoms with Crippen LogP contribution in [-0.2, 0) is 6.54 Å². The molecule has 1 aromatic heterocycles. The van der Waals surface area contributed by atoms with Gasteiger partial charge in [-0.3, -0.25) is 9.59 Å². The van der Waals surface area contributed by atoms with Crippen LogP contribution < -0.4 is 15.4 Å². The third-order valence-electron chi connectivity index (χ3n) is 4.08. The molecular formula is C21H20N2O3S. The van der Waals surface area contributed by atoms with Crippen molar-refractivity contribution in [2.75, 3.05) is 12.4 Å². The zero-order valence-electron chi connectivity index (χ0n) is 15.1. The predicted molar refractivity (Wildman–Crippen MR) is 108 cm³/mol. The lowest BCUT2D eigenvalue weighted by molar-refractivity contribution is 0.0950. The van der Waals surface area contributed by atoms with Gasteiger partial charge in [0, 0.05) is 17.8 Å². The van der Waals surface area contributed by atoms with E-state index < -0.39 is 0 Å². The second kappa shape index (κ2) is 8.51. The first-order valence-electron chi connectivity index (χ1n) is 8.43. The maximum Gasteiger partial charge on any atom is 0.265 e. The first-order valence-corrected chi connectivity index (χ1v) is 9.31. The van der Waals surface area contributed by atoms with Crippen molar-refractivity contribution >= 4 is 28.8 Å². The number of benzene rings is 2. The number of carbonyl (C=O) groups is 2. The van der Waals surface area contributed by atoms with E-state index in [1.807, 2.05) is 36.6 Å². The molecule has 0 saturated heterocycles. The van der Waals surface area contributed by atoms with Crippen LogP contribution in [0, 0.1) is 6.92 Å². The van der Waals surface area contributed by atoms with Crippen molar-refractivity contribution in [3.05, 3.63) is 81.5 Å². The number of thiophene rings is 1. The molecule has 0 radical (unpaired) electrons. The monoisotopic (exact) mass is 380 g/mol. The first kappa shape index (κ1) is 18.7. The zero-order valence-corrected chi connectivity index (χ0v) is 15.9. The van der Waals surface area contributed by atoms with Crippen LogP contribution in [0.4, 0.5) is 5.69 Å². The quantitative estimate of drug-likeness (QED) is 0.672. The zero-order chi connectivity index (χ0) is 19.2. The van der Waals surface area contributed by atoms with Gasteiger partial charge in [-0.25, -0.2) is 0 Å². The molecule has 3 rings (SSSR count). The maximum atomic E-state index is 12.3. The van der Waals surface area contributed by atoms with E-state index in [0.29, 0.717) is 22.7 Å². The molecule has 0 aliphatic rings. The number of ether oxygens (including phenoxy) is 1. The highest BCUT2D eigenvalue weighted by Crippen LogP contribution is 2.19. The number of nitrogens with one attached hydrogen (secondary N) is 2. The number of hydrogen-bond donors (Lipinski definition) is 2. The molecule has 0 aliphatic heterocycles. The van der Waals surface area contributed by atoms with Crippen molar-refractivity contribution in [3.63, 3.8) is 0 Å². The Morgan fingerprint density at radius 3 is 2.48 bits per heavy atom. The number of methoxy groups -OCH3 is 1. The summed E-state index contributed by atoms with van der Waals surface area (Å²) in [6.07, 6.45) is 0. The topological polar surface area (TPSA) is 67.4 Å². The van der Waals surface area contributed by atoms with Crippen molar-refractivity contribution in [1.82, 2.24) is 5.32 Å². The van der Waals surface area contributed by atoms with E-state index >= 15 is 0 Å². The van der Waals surface area contributed by atoms with Crippen molar-refractivity contribution in [2.24, 2.45) is 0 Å². The van der Waals surface area contributed by atoms with Crippen LogP contribution in [0.25, 0.3) is 0 Å². The van der Waals surface area contributed by atoms with Crippen molar-refractivity contribution in [1.29, 1.82) is 0 Å². The molecule has 3 aromatic rings. The van der Waals surface area contributed by atoms with Crippen molar-refractivity contribution in [2.45, 2.75) is 13.5 Å². The summed E-state index contributed by atoms with van der Waals surface area (Å²) in [6.45, 7) is 2.38. The molecule has 2 amide bonds. The second-order valence-corrected chi connectivity index (χ2v) is 6.94. The fourth-order valence-corrected chi connectivity index (χ4v) is 3.18. The van der Waals surface area contributed by atoms with Crippen LogP contribution in [0.2, 0.25) is 0 Å². The molecular weight excluding hydrogens is 360 g/mol. The average Bonchev–Trinajstić information content (AvgIpc) is 3.22. The Morgan fingerprint density at radius 2 is 1.81 bits per heavy atom. The Hall–Kier alpha value is -3.12. The van der Waals surface area contributed by atoms with Gasteiger partial charge < -0.3 is 15.4 Å². The summed E-state index contributed by atoms with van der Waals surface area (Å²) >= 11 is 1.38. The van der Waals surface area contributed by atoms with Crippen LogP contribution in [-0.4, -0.2) is 18.9 Å². The summed E-state index contributed by atoms with van der Waals surface area (Å²) in [5.74, 6) is 0.466. The largest absolute Gasteiger partial charge is 0.496 e. The number of rotatable bonds is 6. The second-order valence-electron chi connectivity index (χ2n) is 6.00. The molecule has 27 heavy (non-hydrogen) atoms. The lowest BCUT2D eigenvalue weighted by Gasteiger charge is -2.10. The smallest absolute Gasteiger partial charge is 0.265 e. The van der Waals surface area contributed by atoms with Gasteiger partial charge >= 0.3 is 0 Å². The van der Waals surface area contributed by atoms with E-state index in [2.05, 4.69) is 10.6 Å². The highest BCUT2D eigenvalue weighted by Gasteiger charge is 2.09. The Balaban J connectivity index is 1.58. The van der Waals surface area contributed by atoms with Gasteiger partial charge in [-0.05, 0) is 59.8 Å². The van der Waals surface area contributed by atoms with Crippen LogP contribution in [0.5, 0.6) is 5.75 Å². The average molecular weight is 380 g/mol. The molecule has 0 aliphatic carbocycles. The van der Waals surface area contributed by atoms with Crippen LogP contribution in [0.1, 0.15) is 31.2 Å². The molecule has 6 heteroatoms. The molecule has 0 unspecified atom stereocenters. The molecule has 0 bridgehead atoms. The molecule has 1 heterocycles. The van der Waals surface area contributed by atoms with E-state index in [1.165, 1.54) is 11.3 Å². The Kier molecular flexibility index (Phi) is 5.88. The minimum atomic E-state index is -0.175.